The Kier molecular flexibility index (Phi) is 4.89. The molecule has 0 radical (unpaired) electrons. The molecular weight excluding hydrogens is 254 g/mol. The number of nitrogens with one attached hydrogen (secondary N) is 4. The molecule has 6 N–H and O–H groups in total. The van der Waals surface area contributed by atoms with Crippen molar-refractivity contribution in [3.8, 4) is 0 Å². The molecule has 0 aliphatic carbocycles. The van der Waals surface area contributed by atoms with Gasteiger partial charge in [-0.1, -0.05) is 0 Å². The number of nitrogens with two attached hydrogens (primary N) is 1. The molecule has 108 valence electrons. The maximum absolute atomic E-state index is 11.5. The Morgan fingerprint density at radius 1 is 1.47 bits per heavy atom. The van der Waals surface area contributed by atoms with E-state index < -0.39 is 17.6 Å². The van der Waals surface area contributed by atoms with Crippen molar-refractivity contribution in [1.29, 1.82) is 0 Å². The summed E-state index contributed by atoms with van der Waals surface area (Å²) in [6.45, 7) is 5.35. The van der Waals surface area contributed by atoms with Crippen LogP contribution in [0.3, 0.4) is 0 Å². The van der Waals surface area contributed by atoms with E-state index in [1.165, 1.54) is 5.01 Å². The number of carbonyl (C=O) groups is 2. The van der Waals surface area contributed by atoms with Gasteiger partial charge in [0.05, 0.1) is 6.54 Å². The van der Waals surface area contributed by atoms with Gasteiger partial charge in [0.15, 0.2) is 5.84 Å². The lowest BCUT2D eigenvalue weighted by molar-refractivity contribution is -0.122. The molecular formula is C9H19N7O3. The first-order valence-electron chi connectivity index (χ1n) is 5.63. The van der Waals surface area contributed by atoms with E-state index in [0.717, 1.165) is 0 Å². The number of amidine groups is 1. The fourth-order valence-corrected chi connectivity index (χ4v) is 1.20. The molecule has 0 bridgehead atoms. The van der Waals surface area contributed by atoms with Gasteiger partial charge in [0, 0.05) is 0 Å². The summed E-state index contributed by atoms with van der Waals surface area (Å²) in [5, 5.41) is 7.79. The van der Waals surface area contributed by atoms with Crippen LogP contribution in [0.2, 0.25) is 0 Å². The third-order valence-electron chi connectivity index (χ3n) is 1.93. The Balaban J connectivity index is 2.40. The van der Waals surface area contributed by atoms with Crippen LogP contribution in [0.5, 0.6) is 0 Å². The lowest BCUT2D eigenvalue weighted by Crippen LogP contribution is -2.50. The molecule has 19 heavy (non-hydrogen) atoms. The average molecular weight is 273 g/mol. The highest BCUT2D eigenvalue weighted by Gasteiger charge is 2.21. The van der Waals surface area contributed by atoms with E-state index in [9.17, 15) is 9.59 Å². The van der Waals surface area contributed by atoms with E-state index in [4.69, 9.17) is 10.6 Å². The topological polar surface area (TPSA) is 133 Å². The van der Waals surface area contributed by atoms with E-state index in [-0.39, 0.29) is 13.1 Å². The molecule has 10 nitrogen and oxygen atoms in total. The second-order valence-corrected chi connectivity index (χ2v) is 4.76. The maximum Gasteiger partial charge on any atom is 0.408 e. The van der Waals surface area contributed by atoms with Crippen LogP contribution >= 0.6 is 0 Å². The molecule has 0 saturated heterocycles. The highest BCUT2D eigenvalue weighted by atomic mass is 16.6. The number of rotatable bonds is 4. The minimum absolute atomic E-state index is 0.0433. The molecule has 1 aliphatic rings. The number of hydrogen-bond donors (Lipinski definition) is 5. The molecule has 1 heterocycles. The second-order valence-electron chi connectivity index (χ2n) is 4.76. The molecule has 0 aromatic carbocycles. The van der Waals surface area contributed by atoms with Crippen LogP contribution < -0.4 is 27.7 Å². The molecule has 0 fully saturated rings. The first kappa shape index (κ1) is 15.0. The zero-order chi connectivity index (χ0) is 14.5. The van der Waals surface area contributed by atoms with Crippen molar-refractivity contribution in [3.05, 3.63) is 0 Å². The van der Waals surface area contributed by atoms with E-state index in [1.54, 1.807) is 20.8 Å². The fourth-order valence-electron chi connectivity index (χ4n) is 1.20. The summed E-state index contributed by atoms with van der Waals surface area (Å²) in [7, 11) is 0. The van der Waals surface area contributed by atoms with Crippen molar-refractivity contribution >= 4 is 17.8 Å². The highest BCUT2D eigenvalue weighted by molar-refractivity contribution is 5.90. The van der Waals surface area contributed by atoms with Crippen LogP contribution in [0.1, 0.15) is 20.8 Å². The molecule has 0 aromatic heterocycles. The number of ether oxygens (including phenoxy) is 1. The molecule has 0 spiro atoms. The van der Waals surface area contributed by atoms with Gasteiger partial charge < -0.3 is 10.1 Å². The summed E-state index contributed by atoms with van der Waals surface area (Å²) >= 11 is 0. The van der Waals surface area contributed by atoms with Gasteiger partial charge in [0.25, 0.3) is 5.91 Å². The molecule has 0 atom stereocenters. The van der Waals surface area contributed by atoms with E-state index >= 15 is 0 Å². The normalized spacial score (nSPS) is 14.5. The molecule has 1 aliphatic heterocycles. The molecule has 0 aromatic rings. The van der Waals surface area contributed by atoms with Crippen LogP contribution in [-0.4, -0.2) is 41.5 Å². The molecule has 0 saturated carbocycles. The number of alkyl carbamates (subject to hydrolysis) is 1. The fraction of sp³-hybridized carbons (Fsp3) is 0.667. The smallest absolute Gasteiger partial charge is 0.408 e. The lowest BCUT2D eigenvalue weighted by Gasteiger charge is -2.21. The van der Waals surface area contributed by atoms with Crippen LogP contribution in [0.15, 0.2) is 5.10 Å². The Morgan fingerprint density at radius 2 is 2.16 bits per heavy atom. The van der Waals surface area contributed by atoms with Gasteiger partial charge in [0.2, 0.25) is 0 Å². The number of carbonyl (C=O) groups excluding carboxylic acids is 2. The van der Waals surface area contributed by atoms with Gasteiger partial charge in [-0.05, 0) is 20.8 Å². The van der Waals surface area contributed by atoms with Crippen molar-refractivity contribution in [2.45, 2.75) is 26.4 Å². The third kappa shape index (κ3) is 5.40. The van der Waals surface area contributed by atoms with Crippen LogP contribution in [-0.2, 0) is 9.53 Å². The Morgan fingerprint density at radius 3 is 2.74 bits per heavy atom. The van der Waals surface area contributed by atoms with Gasteiger partial charge >= 0.3 is 6.09 Å². The quantitative estimate of drug-likeness (QED) is 0.230. The van der Waals surface area contributed by atoms with Gasteiger partial charge in [-0.15, -0.1) is 10.6 Å². The predicted octanol–water partition coefficient (Wildman–Crippen LogP) is -1.86. The van der Waals surface area contributed by atoms with Crippen molar-refractivity contribution < 1.29 is 14.3 Å². The maximum atomic E-state index is 11.5. The van der Waals surface area contributed by atoms with E-state index in [2.05, 4.69) is 21.5 Å². The van der Waals surface area contributed by atoms with Crippen LogP contribution in [0.4, 0.5) is 4.79 Å². The van der Waals surface area contributed by atoms with Crippen LogP contribution in [0.25, 0.3) is 0 Å². The van der Waals surface area contributed by atoms with Crippen molar-refractivity contribution in [2.75, 3.05) is 13.1 Å². The first-order chi connectivity index (χ1) is 8.81. The summed E-state index contributed by atoms with van der Waals surface area (Å²) in [4.78, 5) is 22.6. The summed E-state index contributed by atoms with van der Waals surface area (Å²) in [6.07, 6.45) is -0.565. The van der Waals surface area contributed by atoms with E-state index in [0.29, 0.717) is 5.84 Å². The van der Waals surface area contributed by atoms with Crippen molar-refractivity contribution in [3.63, 3.8) is 0 Å². The minimum Gasteiger partial charge on any atom is -0.444 e. The van der Waals surface area contributed by atoms with Gasteiger partial charge in [0.1, 0.15) is 12.1 Å². The minimum atomic E-state index is -0.572. The molecule has 1 rings (SSSR count). The van der Waals surface area contributed by atoms with Gasteiger partial charge in [-0.25, -0.2) is 16.2 Å². The first-order valence-corrected chi connectivity index (χ1v) is 5.63. The number of hydrogen-bond acceptors (Lipinski definition) is 8. The average Bonchev–Trinajstić information content (AvgIpc) is 2.71. The summed E-state index contributed by atoms with van der Waals surface area (Å²) < 4.78 is 5.07. The molecule has 0 unspecified atom stereocenters. The van der Waals surface area contributed by atoms with Crippen molar-refractivity contribution in [2.24, 2.45) is 10.9 Å². The zero-order valence-corrected chi connectivity index (χ0v) is 11.1. The Hall–Kier alpha value is -2.07. The van der Waals surface area contributed by atoms with E-state index in [1.807, 2.05) is 5.43 Å². The number of amides is 2. The Bertz CT molecular complexity index is 376. The Labute approximate surface area is 110 Å². The molecule has 2 amide bonds. The van der Waals surface area contributed by atoms with Gasteiger partial charge in [-0.2, -0.15) is 0 Å². The number of hydrazone groups is 1. The second kappa shape index (κ2) is 6.20. The zero-order valence-electron chi connectivity index (χ0n) is 11.1. The lowest BCUT2D eigenvalue weighted by atomic mass is 10.2. The summed E-state index contributed by atoms with van der Waals surface area (Å²) in [5.74, 6) is 5.01. The monoisotopic (exact) mass is 273 g/mol. The number of hydrazine groups is 3. The van der Waals surface area contributed by atoms with Crippen LogP contribution in [0, 0.1) is 0 Å². The largest absolute Gasteiger partial charge is 0.444 e. The standard InChI is InChI=1S/C9H19N7O3/c1-9(2,3)19-8(18)11-4-6-13-14-15-16(6)5-7(17)12-10/h14-15H,4-5,10H2,1-3H3,(H,11,18)(H,12,17). The SMILES string of the molecule is CC(C)(C)OC(=O)NCC1=NNNN1CC(=O)NN. The third-order valence-corrected chi connectivity index (χ3v) is 1.93. The highest BCUT2D eigenvalue weighted by Crippen LogP contribution is 2.06. The summed E-state index contributed by atoms with van der Waals surface area (Å²) in [5.41, 5.74) is 6.51. The molecule has 10 heteroatoms. The van der Waals surface area contributed by atoms with Gasteiger partial charge in [-0.3, -0.25) is 15.2 Å². The van der Waals surface area contributed by atoms with Crippen molar-refractivity contribution in [1.82, 2.24) is 26.8 Å². The summed E-state index contributed by atoms with van der Waals surface area (Å²) in [6, 6.07) is 0. The number of nitrogens with zero attached hydrogens (tertiary/aromatic N) is 2. The predicted molar refractivity (Wildman–Crippen MR) is 67.0 cm³/mol.